The minimum Gasteiger partial charge on any atom is -0.308 e. The summed E-state index contributed by atoms with van der Waals surface area (Å²) in [7, 11) is 0. The Hall–Kier alpha value is -1.87. The standard InChI is InChI=1S/C12H10ClN3/c13-11-3-1-2-4-12(6-5-11)16-9-10(7-14)8-15-16/h1-9,14H. The Morgan fingerprint density at radius 3 is 2.81 bits per heavy atom. The summed E-state index contributed by atoms with van der Waals surface area (Å²) in [5.41, 5.74) is 1.66. The molecule has 1 aromatic heterocycles. The third-order valence-corrected chi connectivity index (χ3v) is 2.33. The second-order valence-electron chi connectivity index (χ2n) is 3.22. The van der Waals surface area contributed by atoms with Crippen LogP contribution in [0, 0.1) is 5.41 Å². The van der Waals surface area contributed by atoms with Gasteiger partial charge >= 0.3 is 0 Å². The Kier molecular flexibility index (Phi) is 3.17. The summed E-state index contributed by atoms with van der Waals surface area (Å²) in [4.78, 5) is 0. The van der Waals surface area contributed by atoms with E-state index in [1.54, 1.807) is 17.1 Å². The van der Waals surface area contributed by atoms with Crippen LogP contribution in [0.1, 0.15) is 5.56 Å². The lowest BCUT2D eigenvalue weighted by atomic mass is 10.2. The van der Waals surface area contributed by atoms with Crippen molar-refractivity contribution in [1.29, 1.82) is 5.41 Å². The molecule has 0 saturated heterocycles. The van der Waals surface area contributed by atoms with E-state index in [0.29, 0.717) is 5.03 Å². The molecule has 0 aromatic carbocycles. The molecule has 0 spiro atoms. The molecule has 80 valence electrons. The second-order valence-corrected chi connectivity index (χ2v) is 3.66. The lowest BCUT2D eigenvalue weighted by Gasteiger charge is -2.01. The van der Waals surface area contributed by atoms with E-state index in [9.17, 15) is 0 Å². The maximum absolute atomic E-state index is 7.12. The van der Waals surface area contributed by atoms with Gasteiger partial charge in [0, 0.05) is 23.0 Å². The Morgan fingerprint density at radius 2 is 2.06 bits per heavy atom. The van der Waals surface area contributed by atoms with Gasteiger partial charge < -0.3 is 5.41 Å². The number of aromatic nitrogens is 2. The van der Waals surface area contributed by atoms with Gasteiger partial charge in [0.2, 0.25) is 0 Å². The van der Waals surface area contributed by atoms with Crippen molar-refractivity contribution in [3.05, 3.63) is 59.4 Å². The van der Waals surface area contributed by atoms with Crippen molar-refractivity contribution in [2.24, 2.45) is 0 Å². The average Bonchev–Trinajstić information content (AvgIpc) is 2.73. The monoisotopic (exact) mass is 231 g/mol. The van der Waals surface area contributed by atoms with Crippen LogP contribution in [-0.2, 0) is 0 Å². The Labute approximate surface area is 98.5 Å². The molecule has 0 unspecified atom stereocenters. The highest BCUT2D eigenvalue weighted by Gasteiger charge is 1.99. The zero-order chi connectivity index (χ0) is 11.4. The molecule has 3 nitrogen and oxygen atoms in total. The van der Waals surface area contributed by atoms with Crippen LogP contribution in [0.15, 0.2) is 53.9 Å². The molecule has 0 amide bonds. The Bertz CT molecular complexity index is 518. The van der Waals surface area contributed by atoms with Crippen molar-refractivity contribution in [2.75, 3.05) is 0 Å². The molecule has 0 bridgehead atoms. The molecule has 0 fully saturated rings. The molecule has 1 aliphatic carbocycles. The van der Waals surface area contributed by atoms with Gasteiger partial charge in [-0.3, -0.25) is 0 Å². The number of allylic oxidation sites excluding steroid dienone is 8. The van der Waals surface area contributed by atoms with Crippen LogP contribution >= 0.6 is 11.6 Å². The molecule has 1 aliphatic rings. The van der Waals surface area contributed by atoms with Crippen LogP contribution in [0.25, 0.3) is 5.70 Å². The fourth-order valence-electron chi connectivity index (χ4n) is 1.28. The maximum atomic E-state index is 7.12. The quantitative estimate of drug-likeness (QED) is 0.782. The largest absolute Gasteiger partial charge is 0.308 e. The molecule has 2 rings (SSSR count). The number of hydrogen-bond donors (Lipinski definition) is 1. The zero-order valence-electron chi connectivity index (χ0n) is 8.47. The number of nitrogens with zero attached hydrogens (tertiary/aromatic N) is 2. The lowest BCUT2D eigenvalue weighted by Crippen LogP contribution is -1.94. The number of rotatable bonds is 2. The third kappa shape index (κ3) is 2.38. The number of nitrogens with one attached hydrogen (secondary N) is 1. The van der Waals surface area contributed by atoms with Crippen molar-refractivity contribution in [2.45, 2.75) is 0 Å². The summed E-state index contributed by atoms with van der Waals surface area (Å²) in [6, 6.07) is 0. The van der Waals surface area contributed by atoms with Gasteiger partial charge in [-0.05, 0) is 24.3 Å². The molecule has 1 N–H and O–H groups in total. The number of hydrogen-bond acceptors (Lipinski definition) is 2. The van der Waals surface area contributed by atoms with Crippen molar-refractivity contribution in [3.63, 3.8) is 0 Å². The van der Waals surface area contributed by atoms with E-state index in [1.807, 2.05) is 36.5 Å². The predicted octanol–water partition coefficient (Wildman–Crippen LogP) is 2.97. The summed E-state index contributed by atoms with van der Waals surface area (Å²) < 4.78 is 1.71. The first-order valence-corrected chi connectivity index (χ1v) is 5.15. The SMILES string of the molecule is N=Cc1cnn(C2=CC=C(Cl)C=CC=C2)c1. The third-order valence-electron chi connectivity index (χ3n) is 2.08. The molecule has 1 heterocycles. The van der Waals surface area contributed by atoms with Crippen LogP contribution in [0.5, 0.6) is 0 Å². The van der Waals surface area contributed by atoms with Crippen molar-refractivity contribution >= 4 is 23.5 Å². The first kappa shape index (κ1) is 10.6. The Balaban J connectivity index is 2.36. The smallest absolute Gasteiger partial charge is 0.0646 e. The molecule has 0 aliphatic heterocycles. The summed E-state index contributed by atoms with van der Waals surface area (Å²) >= 11 is 5.91. The van der Waals surface area contributed by atoms with E-state index in [1.165, 1.54) is 6.21 Å². The Morgan fingerprint density at radius 1 is 1.25 bits per heavy atom. The van der Waals surface area contributed by atoms with Crippen molar-refractivity contribution in [1.82, 2.24) is 9.78 Å². The van der Waals surface area contributed by atoms with Gasteiger partial charge in [0.05, 0.1) is 11.9 Å². The molecule has 0 radical (unpaired) electrons. The molecule has 1 aromatic rings. The maximum Gasteiger partial charge on any atom is 0.0646 e. The van der Waals surface area contributed by atoms with E-state index in [0.717, 1.165) is 11.3 Å². The van der Waals surface area contributed by atoms with Crippen LogP contribution in [-0.4, -0.2) is 16.0 Å². The molecule has 4 heteroatoms. The molecule has 16 heavy (non-hydrogen) atoms. The van der Waals surface area contributed by atoms with Gasteiger partial charge in [0.15, 0.2) is 0 Å². The summed E-state index contributed by atoms with van der Waals surface area (Å²) in [6.45, 7) is 0. The van der Waals surface area contributed by atoms with Gasteiger partial charge in [0.25, 0.3) is 0 Å². The van der Waals surface area contributed by atoms with Gasteiger partial charge in [-0.1, -0.05) is 23.8 Å². The molecule has 0 atom stereocenters. The average molecular weight is 232 g/mol. The van der Waals surface area contributed by atoms with Gasteiger partial charge in [0.1, 0.15) is 0 Å². The van der Waals surface area contributed by atoms with E-state index in [-0.39, 0.29) is 0 Å². The highest BCUT2D eigenvalue weighted by molar-refractivity contribution is 6.31. The molecule has 0 saturated carbocycles. The normalized spacial score (nSPS) is 15.1. The van der Waals surface area contributed by atoms with Gasteiger partial charge in [-0.15, -0.1) is 0 Å². The summed E-state index contributed by atoms with van der Waals surface area (Å²) in [5, 5.41) is 11.9. The fourth-order valence-corrected chi connectivity index (χ4v) is 1.42. The van der Waals surface area contributed by atoms with E-state index >= 15 is 0 Å². The number of halogens is 1. The van der Waals surface area contributed by atoms with E-state index in [2.05, 4.69) is 5.10 Å². The first-order valence-electron chi connectivity index (χ1n) is 4.77. The van der Waals surface area contributed by atoms with E-state index < -0.39 is 0 Å². The molecular formula is C12H10ClN3. The second kappa shape index (κ2) is 4.77. The van der Waals surface area contributed by atoms with Crippen LogP contribution in [0.4, 0.5) is 0 Å². The molecular weight excluding hydrogens is 222 g/mol. The summed E-state index contributed by atoms with van der Waals surface area (Å²) in [6.07, 6.45) is 15.9. The van der Waals surface area contributed by atoms with Gasteiger partial charge in [-0.25, -0.2) is 4.68 Å². The van der Waals surface area contributed by atoms with Crippen LogP contribution in [0.2, 0.25) is 0 Å². The van der Waals surface area contributed by atoms with E-state index in [4.69, 9.17) is 17.0 Å². The zero-order valence-corrected chi connectivity index (χ0v) is 9.22. The summed E-state index contributed by atoms with van der Waals surface area (Å²) in [5.74, 6) is 0. The van der Waals surface area contributed by atoms with Crippen molar-refractivity contribution in [3.8, 4) is 0 Å². The van der Waals surface area contributed by atoms with Crippen LogP contribution in [0.3, 0.4) is 0 Å². The minimum absolute atomic E-state index is 0.668. The fraction of sp³-hybridized carbons (Fsp3) is 0. The predicted molar refractivity (Wildman–Crippen MR) is 66.6 cm³/mol. The highest BCUT2D eigenvalue weighted by Crippen LogP contribution is 2.12. The topological polar surface area (TPSA) is 41.7 Å². The minimum atomic E-state index is 0.668. The highest BCUT2D eigenvalue weighted by atomic mass is 35.5. The lowest BCUT2D eigenvalue weighted by molar-refractivity contribution is 0.910. The van der Waals surface area contributed by atoms with Gasteiger partial charge in [-0.2, -0.15) is 5.10 Å². The van der Waals surface area contributed by atoms with Crippen molar-refractivity contribution < 1.29 is 0 Å². The first-order chi connectivity index (χ1) is 7.79. The van der Waals surface area contributed by atoms with Crippen LogP contribution < -0.4 is 0 Å².